The quantitative estimate of drug-likeness (QED) is 0.556. The molecule has 0 radical (unpaired) electrons. The topological polar surface area (TPSA) is 20.3 Å². The van der Waals surface area contributed by atoms with Crippen molar-refractivity contribution in [1.29, 1.82) is 0 Å². The molecule has 0 unspecified atom stereocenters. The molecule has 122 valence electrons. The van der Waals surface area contributed by atoms with Crippen LogP contribution in [0.4, 0.5) is 0 Å². The van der Waals surface area contributed by atoms with Gasteiger partial charge in [-0.15, -0.1) is 0 Å². The first kappa shape index (κ1) is 16.9. The number of carbonyl (C=O) groups excluding carboxylic acids is 1. The highest BCUT2D eigenvalue weighted by Crippen LogP contribution is 2.37. The van der Waals surface area contributed by atoms with Crippen molar-refractivity contribution in [3.05, 3.63) is 76.2 Å². The Bertz CT molecular complexity index is 781. The first-order chi connectivity index (χ1) is 11.6. The average molecular weight is 354 g/mol. The maximum absolute atomic E-state index is 12.8. The van der Waals surface area contributed by atoms with Gasteiger partial charge in [-0.3, -0.25) is 9.69 Å². The minimum absolute atomic E-state index is 0.0130. The van der Waals surface area contributed by atoms with Gasteiger partial charge in [-0.25, -0.2) is 0 Å². The zero-order valence-electron chi connectivity index (χ0n) is 13.7. The highest BCUT2D eigenvalue weighted by molar-refractivity contribution is 8.26. The number of amides is 1. The largest absolute Gasteiger partial charge is 0.286 e. The fourth-order valence-electron chi connectivity index (χ4n) is 2.70. The molecule has 4 heteroatoms. The molecule has 24 heavy (non-hydrogen) atoms. The van der Waals surface area contributed by atoms with Gasteiger partial charge in [-0.2, -0.15) is 0 Å². The van der Waals surface area contributed by atoms with Crippen LogP contribution >= 0.6 is 24.0 Å². The van der Waals surface area contributed by atoms with Crippen molar-refractivity contribution in [2.24, 2.45) is 0 Å². The van der Waals surface area contributed by atoms with Crippen molar-refractivity contribution in [1.82, 2.24) is 4.90 Å². The third-order valence-corrected chi connectivity index (χ3v) is 5.51. The van der Waals surface area contributed by atoms with Crippen LogP contribution in [0, 0.1) is 0 Å². The maximum Gasteiger partial charge on any atom is 0.266 e. The van der Waals surface area contributed by atoms with Crippen LogP contribution in [0.3, 0.4) is 0 Å². The molecule has 2 aromatic carbocycles. The van der Waals surface area contributed by atoms with Crippen LogP contribution in [0.1, 0.15) is 36.6 Å². The Labute approximate surface area is 152 Å². The second kappa shape index (κ2) is 7.32. The normalized spacial score (nSPS) is 17.6. The summed E-state index contributed by atoms with van der Waals surface area (Å²) in [7, 11) is 0. The Hall–Kier alpha value is -1.91. The van der Waals surface area contributed by atoms with Gasteiger partial charge in [0.15, 0.2) is 0 Å². The van der Waals surface area contributed by atoms with Gasteiger partial charge >= 0.3 is 0 Å². The van der Waals surface area contributed by atoms with Crippen LogP contribution in [0.2, 0.25) is 0 Å². The van der Waals surface area contributed by atoms with Crippen molar-refractivity contribution >= 4 is 40.3 Å². The molecule has 1 fully saturated rings. The van der Waals surface area contributed by atoms with Crippen LogP contribution in [0.5, 0.6) is 0 Å². The maximum atomic E-state index is 12.8. The van der Waals surface area contributed by atoms with Gasteiger partial charge in [-0.05, 0) is 36.1 Å². The molecule has 1 amide bonds. The fraction of sp³-hybridized carbons (Fsp3) is 0.200. The van der Waals surface area contributed by atoms with E-state index >= 15 is 0 Å². The SMILES string of the molecule is CCc1ccc(/C=C2/SC(=S)N([C@@H](C)c3ccccc3)C2=O)cc1. The molecule has 0 aromatic heterocycles. The Balaban J connectivity index is 1.84. The Morgan fingerprint density at radius 2 is 1.79 bits per heavy atom. The summed E-state index contributed by atoms with van der Waals surface area (Å²) < 4.78 is 0.618. The fourth-order valence-corrected chi connectivity index (χ4v) is 4.11. The van der Waals surface area contributed by atoms with Gasteiger partial charge in [0, 0.05) is 0 Å². The summed E-state index contributed by atoms with van der Waals surface area (Å²) in [6.07, 6.45) is 2.94. The van der Waals surface area contributed by atoms with Crippen LogP contribution in [-0.2, 0) is 11.2 Å². The summed E-state index contributed by atoms with van der Waals surface area (Å²) in [6, 6.07) is 18.2. The summed E-state index contributed by atoms with van der Waals surface area (Å²) in [5, 5.41) is 0. The number of thiocarbonyl (C=S) groups is 1. The first-order valence-corrected chi connectivity index (χ1v) is 9.23. The van der Waals surface area contributed by atoms with Crippen molar-refractivity contribution in [2.75, 3.05) is 0 Å². The van der Waals surface area contributed by atoms with Crippen molar-refractivity contribution in [3.8, 4) is 0 Å². The molecular formula is C20H19NOS2. The Morgan fingerprint density at radius 3 is 2.42 bits per heavy atom. The van der Waals surface area contributed by atoms with Crippen LogP contribution in [-0.4, -0.2) is 15.1 Å². The lowest BCUT2D eigenvalue weighted by Crippen LogP contribution is -2.30. The van der Waals surface area contributed by atoms with Gasteiger partial charge in [0.25, 0.3) is 5.91 Å². The second-order valence-electron chi connectivity index (χ2n) is 5.73. The van der Waals surface area contributed by atoms with Crippen LogP contribution in [0.15, 0.2) is 59.5 Å². The highest BCUT2D eigenvalue weighted by Gasteiger charge is 2.35. The number of rotatable bonds is 4. The summed E-state index contributed by atoms with van der Waals surface area (Å²) in [5.41, 5.74) is 3.40. The molecule has 0 saturated carbocycles. The zero-order chi connectivity index (χ0) is 17.1. The third-order valence-electron chi connectivity index (χ3n) is 4.18. The van der Waals surface area contributed by atoms with Crippen LogP contribution in [0.25, 0.3) is 6.08 Å². The van der Waals surface area contributed by atoms with Crippen molar-refractivity contribution < 1.29 is 4.79 Å². The number of hydrogen-bond donors (Lipinski definition) is 0. The van der Waals surface area contributed by atoms with E-state index in [-0.39, 0.29) is 11.9 Å². The smallest absolute Gasteiger partial charge is 0.266 e. The van der Waals surface area contributed by atoms with Gasteiger partial charge in [-0.1, -0.05) is 85.5 Å². The number of thioether (sulfide) groups is 1. The molecule has 1 aliphatic heterocycles. The minimum atomic E-state index is -0.0629. The number of carbonyl (C=O) groups is 1. The summed E-state index contributed by atoms with van der Waals surface area (Å²) >= 11 is 6.83. The predicted octanol–water partition coefficient (Wildman–Crippen LogP) is 5.21. The number of nitrogens with zero attached hydrogens (tertiary/aromatic N) is 1. The minimum Gasteiger partial charge on any atom is -0.286 e. The van der Waals surface area contributed by atoms with Gasteiger partial charge in [0.2, 0.25) is 0 Å². The van der Waals surface area contributed by atoms with Gasteiger partial charge < -0.3 is 0 Å². The van der Waals surface area contributed by atoms with Gasteiger partial charge in [0.1, 0.15) is 4.32 Å². The molecule has 1 heterocycles. The lowest BCUT2D eigenvalue weighted by Gasteiger charge is -2.23. The van der Waals surface area contributed by atoms with E-state index in [9.17, 15) is 4.79 Å². The molecular weight excluding hydrogens is 334 g/mol. The summed E-state index contributed by atoms with van der Waals surface area (Å²) in [5.74, 6) is -0.0130. The molecule has 3 rings (SSSR count). The monoisotopic (exact) mass is 353 g/mol. The van der Waals surface area contributed by atoms with E-state index < -0.39 is 0 Å². The van der Waals surface area contributed by atoms with E-state index in [2.05, 4.69) is 19.1 Å². The molecule has 2 nitrogen and oxygen atoms in total. The Morgan fingerprint density at radius 1 is 1.12 bits per heavy atom. The number of hydrogen-bond acceptors (Lipinski definition) is 3. The highest BCUT2D eigenvalue weighted by atomic mass is 32.2. The lowest BCUT2D eigenvalue weighted by molar-refractivity contribution is -0.123. The van der Waals surface area contributed by atoms with E-state index in [0.717, 1.165) is 17.5 Å². The molecule has 0 aliphatic carbocycles. The van der Waals surface area contributed by atoms with Crippen molar-refractivity contribution in [3.63, 3.8) is 0 Å². The second-order valence-corrected chi connectivity index (χ2v) is 7.41. The van der Waals surface area contributed by atoms with Crippen molar-refractivity contribution in [2.45, 2.75) is 26.3 Å². The lowest BCUT2D eigenvalue weighted by atomic mass is 10.1. The molecule has 2 aromatic rings. The van der Waals surface area contributed by atoms with E-state index in [1.165, 1.54) is 17.3 Å². The van der Waals surface area contributed by atoms with E-state index in [0.29, 0.717) is 9.23 Å². The zero-order valence-corrected chi connectivity index (χ0v) is 15.4. The average Bonchev–Trinajstić information content (AvgIpc) is 2.89. The van der Waals surface area contributed by atoms with Gasteiger partial charge in [0.05, 0.1) is 10.9 Å². The molecule has 0 spiro atoms. The standard InChI is InChI=1S/C20H19NOS2/c1-3-15-9-11-16(12-10-15)13-18-19(22)21(20(23)24-18)14(2)17-7-5-4-6-8-17/h4-14H,3H2,1-2H3/b18-13+/t14-/m0/s1. The molecule has 0 bridgehead atoms. The molecule has 1 atom stereocenters. The third kappa shape index (κ3) is 3.45. The molecule has 1 aliphatic rings. The summed E-state index contributed by atoms with van der Waals surface area (Å²) in [6.45, 7) is 4.14. The number of aryl methyl sites for hydroxylation is 1. The predicted molar refractivity (Wildman–Crippen MR) is 106 cm³/mol. The van der Waals surface area contributed by atoms with E-state index in [1.54, 1.807) is 4.90 Å². The molecule has 0 N–H and O–H groups in total. The van der Waals surface area contributed by atoms with E-state index in [4.69, 9.17) is 12.2 Å². The summed E-state index contributed by atoms with van der Waals surface area (Å²) in [4.78, 5) is 15.2. The first-order valence-electron chi connectivity index (χ1n) is 8.01. The Kier molecular flexibility index (Phi) is 5.17. The van der Waals surface area contributed by atoms with E-state index in [1.807, 2.05) is 55.5 Å². The number of benzene rings is 2. The van der Waals surface area contributed by atoms with Crippen LogP contribution < -0.4 is 0 Å². The molecule has 1 saturated heterocycles.